The fourth-order valence-electron chi connectivity index (χ4n) is 4.94. The van der Waals surface area contributed by atoms with Gasteiger partial charge < -0.3 is 15.4 Å². The van der Waals surface area contributed by atoms with E-state index in [2.05, 4.69) is 15.6 Å². The second kappa shape index (κ2) is 18.1. The minimum Gasteiger partial charge on any atom is -0.411 e. The third-order valence-electron chi connectivity index (χ3n) is 7.21. The Hall–Kier alpha value is -5.38. The van der Waals surface area contributed by atoms with Crippen molar-refractivity contribution in [3.8, 4) is 0 Å². The van der Waals surface area contributed by atoms with Gasteiger partial charge in [0.1, 0.15) is 12.4 Å². The zero-order chi connectivity index (χ0) is 40.4. The van der Waals surface area contributed by atoms with Crippen molar-refractivity contribution in [1.29, 1.82) is 0 Å². The molecule has 7 nitrogen and oxygen atoms in total. The van der Waals surface area contributed by atoms with E-state index in [1.807, 2.05) is 0 Å². The van der Waals surface area contributed by atoms with Crippen molar-refractivity contribution in [1.82, 2.24) is 0 Å². The summed E-state index contributed by atoms with van der Waals surface area (Å²) in [6.45, 7) is 4.65. The van der Waals surface area contributed by atoms with Crippen LogP contribution < -0.4 is 5.32 Å². The van der Waals surface area contributed by atoms with Crippen molar-refractivity contribution in [2.75, 3.05) is 5.32 Å². The molecule has 0 spiro atoms. The third-order valence-corrected chi connectivity index (χ3v) is 7.46. The smallest absolute Gasteiger partial charge is 0.411 e. The lowest BCUT2D eigenvalue weighted by Gasteiger charge is -2.11. The van der Waals surface area contributed by atoms with Crippen LogP contribution >= 0.6 is 11.6 Å². The van der Waals surface area contributed by atoms with Crippen molar-refractivity contribution in [2.45, 2.75) is 58.2 Å². The predicted octanol–water partition coefficient (Wildman–Crippen LogP) is 10.8. The maximum atomic E-state index is 13.0. The largest absolute Gasteiger partial charge is 0.416 e. The lowest BCUT2D eigenvalue weighted by Crippen LogP contribution is -2.20. The average Bonchev–Trinajstić information content (AvgIpc) is 3.53. The molecule has 1 unspecified atom stereocenters. The van der Waals surface area contributed by atoms with Crippen molar-refractivity contribution in [3.05, 3.63) is 134 Å². The van der Waals surface area contributed by atoms with Crippen LogP contribution in [-0.2, 0) is 28.2 Å². The number of hydrogen-bond acceptors (Lipinski definition) is 6. The van der Waals surface area contributed by atoms with Gasteiger partial charge in [-0.15, -0.1) is 0 Å². The second-order valence-corrected chi connectivity index (χ2v) is 12.4. The Morgan fingerprint density at radius 1 is 0.796 bits per heavy atom. The van der Waals surface area contributed by atoms with E-state index in [-0.39, 0.29) is 29.9 Å². The van der Waals surface area contributed by atoms with E-state index in [4.69, 9.17) is 21.6 Å². The Bertz CT molecular complexity index is 1990. The molecule has 0 aromatic heterocycles. The third kappa shape index (κ3) is 13.5. The standard InChI is InChI=1S/C19H16ClF3N2O2.C9H8F3NO.C9H7F3O/c1-11-6-12(8-13(7-11)19(21,22)23)17-9-16(27-25-17)10-18(26)24-15-4-2-14(20)3-5-15;1-6-2-7(5-13-14)4-8(3-6)9(10,11)12;1-6-2-7(5-13)4-8(3-6)9(10,11)12/h2-8,16H,9-10H2,1H3,(H,24,26);2-5,14H,1H3;2-5H,1H3/b;13-5-;. The van der Waals surface area contributed by atoms with Crippen molar-refractivity contribution in [2.24, 2.45) is 10.3 Å². The summed E-state index contributed by atoms with van der Waals surface area (Å²) in [6.07, 6.45) is -12.1. The Balaban J connectivity index is 0.000000244. The van der Waals surface area contributed by atoms with Crippen LogP contribution in [0.4, 0.5) is 45.2 Å². The highest BCUT2D eigenvalue weighted by Gasteiger charge is 2.33. The first-order chi connectivity index (χ1) is 25.1. The Kier molecular flexibility index (Phi) is 14.4. The quantitative estimate of drug-likeness (QED) is 0.0668. The van der Waals surface area contributed by atoms with Gasteiger partial charge in [0.05, 0.1) is 35.0 Å². The molecule has 4 aromatic rings. The Morgan fingerprint density at radius 3 is 1.78 bits per heavy atom. The lowest BCUT2D eigenvalue weighted by molar-refractivity contribution is -0.138. The van der Waals surface area contributed by atoms with Crippen LogP contribution in [0.2, 0.25) is 5.02 Å². The number of aldehydes is 1. The number of nitrogens with one attached hydrogen (secondary N) is 1. The molecule has 1 amide bonds. The van der Waals surface area contributed by atoms with Gasteiger partial charge in [-0.05, 0) is 110 Å². The van der Waals surface area contributed by atoms with E-state index in [0.717, 1.165) is 42.6 Å². The van der Waals surface area contributed by atoms with E-state index in [1.165, 1.54) is 19.1 Å². The van der Waals surface area contributed by atoms with Crippen LogP contribution in [0.5, 0.6) is 0 Å². The van der Waals surface area contributed by atoms with Crippen LogP contribution in [0, 0.1) is 20.8 Å². The van der Waals surface area contributed by atoms with Gasteiger partial charge in [0.25, 0.3) is 0 Å². The molecule has 1 aliphatic heterocycles. The molecule has 1 heterocycles. The number of amides is 1. The fraction of sp³-hybridized carbons (Fsp3) is 0.243. The van der Waals surface area contributed by atoms with Gasteiger partial charge in [-0.3, -0.25) is 9.59 Å². The van der Waals surface area contributed by atoms with Crippen LogP contribution in [-0.4, -0.2) is 35.4 Å². The van der Waals surface area contributed by atoms with E-state index >= 15 is 0 Å². The molecule has 0 aliphatic carbocycles. The highest BCUT2D eigenvalue weighted by Crippen LogP contribution is 2.33. The van der Waals surface area contributed by atoms with Crippen LogP contribution in [0.1, 0.15) is 67.7 Å². The van der Waals surface area contributed by atoms with Gasteiger partial charge in [-0.25, -0.2) is 0 Å². The number of halogens is 10. The van der Waals surface area contributed by atoms with Crippen LogP contribution in [0.3, 0.4) is 0 Å². The number of oxime groups is 2. The monoisotopic (exact) mass is 787 g/mol. The Labute approximate surface area is 308 Å². The minimum absolute atomic E-state index is 0.0353. The molecule has 4 aromatic carbocycles. The maximum absolute atomic E-state index is 13.0. The minimum atomic E-state index is -4.43. The van der Waals surface area contributed by atoms with Crippen molar-refractivity contribution in [3.63, 3.8) is 0 Å². The molecule has 0 radical (unpaired) electrons. The van der Waals surface area contributed by atoms with E-state index in [9.17, 15) is 49.1 Å². The molecule has 2 N–H and O–H groups in total. The van der Waals surface area contributed by atoms with Gasteiger partial charge in [0.15, 0.2) is 0 Å². The second-order valence-electron chi connectivity index (χ2n) is 11.9. The normalized spacial score (nSPS) is 14.2. The van der Waals surface area contributed by atoms with Gasteiger partial charge in [0.2, 0.25) is 5.91 Å². The van der Waals surface area contributed by atoms with E-state index in [0.29, 0.717) is 45.0 Å². The average molecular weight is 788 g/mol. The highest BCUT2D eigenvalue weighted by molar-refractivity contribution is 6.30. The summed E-state index contributed by atoms with van der Waals surface area (Å²) in [7, 11) is 0. The van der Waals surface area contributed by atoms with Gasteiger partial charge in [-0.1, -0.05) is 34.0 Å². The first-order valence-electron chi connectivity index (χ1n) is 15.5. The zero-order valence-corrected chi connectivity index (χ0v) is 29.3. The van der Waals surface area contributed by atoms with Crippen LogP contribution in [0.25, 0.3) is 0 Å². The number of anilines is 1. The topological polar surface area (TPSA) is 100 Å². The molecule has 288 valence electrons. The van der Waals surface area contributed by atoms with Crippen molar-refractivity contribution >= 4 is 41.4 Å². The molecule has 0 saturated heterocycles. The molecule has 0 saturated carbocycles. The first kappa shape index (κ1) is 43.0. The van der Waals surface area contributed by atoms with Gasteiger partial charge in [0, 0.05) is 28.3 Å². The predicted molar refractivity (Wildman–Crippen MR) is 184 cm³/mol. The number of benzene rings is 4. The molecular weight excluding hydrogens is 757 g/mol. The van der Waals surface area contributed by atoms with E-state index < -0.39 is 41.3 Å². The number of aryl methyl sites for hydroxylation is 3. The fourth-order valence-corrected chi connectivity index (χ4v) is 5.06. The summed E-state index contributed by atoms with van der Waals surface area (Å²) >= 11 is 5.79. The molecule has 5 rings (SSSR count). The summed E-state index contributed by atoms with van der Waals surface area (Å²) in [5.74, 6) is -0.279. The molecule has 54 heavy (non-hydrogen) atoms. The number of carbonyl (C=O) groups excluding carboxylic acids is 2. The first-order valence-corrected chi connectivity index (χ1v) is 15.9. The number of hydrogen-bond donors (Lipinski definition) is 2. The summed E-state index contributed by atoms with van der Waals surface area (Å²) < 4.78 is 112. The summed E-state index contributed by atoms with van der Waals surface area (Å²) in [6, 6.07) is 17.1. The molecule has 0 bridgehead atoms. The Morgan fingerprint density at radius 2 is 1.28 bits per heavy atom. The lowest BCUT2D eigenvalue weighted by atomic mass is 9.99. The maximum Gasteiger partial charge on any atom is 0.416 e. The van der Waals surface area contributed by atoms with Gasteiger partial charge >= 0.3 is 18.5 Å². The molecule has 17 heteroatoms. The number of carbonyl (C=O) groups is 2. The van der Waals surface area contributed by atoms with Crippen molar-refractivity contribution < 1.29 is 59.1 Å². The summed E-state index contributed by atoms with van der Waals surface area (Å²) in [4.78, 5) is 27.6. The number of nitrogens with zero attached hydrogens (tertiary/aromatic N) is 2. The van der Waals surface area contributed by atoms with Gasteiger partial charge in [-0.2, -0.15) is 39.5 Å². The summed E-state index contributed by atoms with van der Waals surface area (Å²) in [5, 5.41) is 18.0. The number of alkyl halides is 9. The summed E-state index contributed by atoms with van der Waals surface area (Å²) in [5.41, 5.74) is 0.727. The molecule has 1 aliphatic rings. The molecule has 0 fully saturated rings. The van der Waals surface area contributed by atoms with Crippen LogP contribution in [0.15, 0.2) is 89.2 Å². The number of rotatable bonds is 6. The molecule has 1 atom stereocenters. The zero-order valence-electron chi connectivity index (χ0n) is 28.5. The SMILES string of the molecule is Cc1cc(/C=N\O)cc(C(F)(F)F)c1.Cc1cc(C2=NOC(CC(=O)Nc3ccc(Cl)cc3)C2)cc(C(F)(F)F)c1.Cc1cc(C=O)cc(C(F)(F)F)c1. The highest BCUT2D eigenvalue weighted by atomic mass is 35.5. The molecular formula is C37H31ClF9N3O4. The van der Waals surface area contributed by atoms with E-state index in [1.54, 1.807) is 44.2 Å².